The van der Waals surface area contributed by atoms with Gasteiger partial charge in [0.1, 0.15) is 17.0 Å². The van der Waals surface area contributed by atoms with Crippen LogP contribution in [0, 0.1) is 0 Å². The standard InChI is InChI=1S/C47H37BN2O/c1-30(31-12-3-2-4-13-31)42-19-9-10-21-44(48-42)50-47(49)40-29-41-45-37(18-11-20-43(45)51-46(41)39-17-8-7-16-38(39)40)34-25-22-33(23-26-34)36-27-24-32-14-5-6-15-35(32)28-36/h2-30,42,44,48H,1H3,(H2,49,50). The van der Waals surface area contributed by atoms with E-state index >= 15 is 0 Å². The van der Waals surface area contributed by atoms with Crippen molar-refractivity contribution in [2.45, 2.75) is 24.6 Å². The third kappa shape index (κ3) is 5.73. The molecule has 9 rings (SSSR count). The van der Waals surface area contributed by atoms with Crippen LogP contribution in [-0.4, -0.2) is 19.1 Å². The van der Waals surface area contributed by atoms with E-state index in [0.29, 0.717) is 17.6 Å². The monoisotopic (exact) mass is 656 g/mol. The highest BCUT2D eigenvalue weighted by atomic mass is 16.3. The van der Waals surface area contributed by atoms with Gasteiger partial charge in [0.25, 0.3) is 0 Å². The Bertz CT molecular complexity index is 2650. The van der Waals surface area contributed by atoms with Gasteiger partial charge in [0.15, 0.2) is 7.28 Å². The molecule has 0 amide bonds. The van der Waals surface area contributed by atoms with Crippen molar-refractivity contribution >= 4 is 56.6 Å². The molecule has 0 saturated heterocycles. The van der Waals surface area contributed by atoms with Crippen molar-refractivity contribution in [1.82, 2.24) is 0 Å². The second-order valence-electron chi connectivity index (χ2n) is 13.7. The van der Waals surface area contributed by atoms with E-state index in [1.54, 1.807) is 0 Å². The maximum atomic E-state index is 7.00. The predicted octanol–water partition coefficient (Wildman–Crippen LogP) is 11.4. The Morgan fingerprint density at radius 3 is 2.20 bits per heavy atom. The summed E-state index contributed by atoms with van der Waals surface area (Å²) in [6.45, 7) is 2.31. The SMILES string of the molecule is CC(c1ccccc1)C1BC(/N=C(\N)c2cc3c(oc4cccc(-c5ccc(-c6ccc7ccccc7c6)cc5)c43)c3ccccc23)C=CC=C1. The number of furan rings is 1. The lowest BCUT2D eigenvalue weighted by atomic mass is 9.54. The molecule has 2 heterocycles. The maximum absolute atomic E-state index is 7.00. The smallest absolute Gasteiger partial charge is 0.165 e. The normalized spacial score (nSPS) is 16.8. The fourth-order valence-electron chi connectivity index (χ4n) is 7.87. The zero-order valence-corrected chi connectivity index (χ0v) is 28.5. The molecule has 8 aromatic rings. The quantitative estimate of drug-likeness (QED) is 0.110. The number of fused-ring (bicyclic) bond motifs is 6. The Kier molecular flexibility index (Phi) is 7.85. The summed E-state index contributed by atoms with van der Waals surface area (Å²) in [6, 6.07) is 51.6. The van der Waals surface area contributed by atoms with E-state index in [4.69, 9.17) is 15.1 Å². The van der Waals surface area contributed by atoms with Crippen molar-refractivity contribution in [1.29, 1.82) is 0 Å². The number of nitrogens with two attached hydrogens (primary N) is 1. The molecule has 51 heavy (non-hydrogen) atoms. The zero-order chi connectivity index (χ0) is 34.3. The summed E-state index contributed by atoms with van der Waals surface area (Å²) >= 11 is 0. The van der Waals surface area contributed by atoms with Crippen molar-refractivity contribution in [2.75, 3.05) is 0 Å². The average Bonchev–Trinajstić information content (AvgIpc) is 3.42. The summed E-state index contributed by atoms with van der Waals surface area (Å²) in [5.74, 6) is 1.22. The second-order valence-corrected chi connectivity index (χ2v) is 13.7. The van der Waals surface area contributed by atoms with E-state index in [2.05, 4.69) is 177 Å². The summed E-state index contributed by atoms with van der Waals surface area (Å²) in [5.41, 5.74) is 15.7. The molecule has 1 aliphatic heterocycles. The Balaban J connectivity index is 1.11. The highest BCUT2D eigenvalue weighted by Gasteiger charge is 2.24. The Morgan fingerprint density at radius 1 is 0.647 bits per heavy atom. The number of aliphatic imine (C=N–C) groups is 1. The van der Waals surface area contributed by atoms with Crippen molar-refractivity contribution in [2.24, 2.45) is 10.7 Å². The molecule has 0 bridgehead atoms. The molecule has 3 nitrogen and oxygen atoms in total. The fraction of sp³-hybridized carbons (Fsp3) is 0.0851. The highest BCUT2D eigenvalue weighted by Crippen LogP contribution is 2.41. The lowest BCUT2D eigenvalue weighted by molar-refractivity contribution is 0.673. The molecule has 0 fully saturated rings. The molecule has 3 unspecified atom stereocenters. The number of amidine groups is 1. The van der Waals surface area contributed by atoms with Crippen LogP contribution < -0.4 is 5.73 Å². The summed E-state index contributed by atoms with van der Waals surface area (Å²) in [5, 5.41) is 6.69. The van der Waals surface area contributed by atoms with Gasteiger partial charge in [0, 0.05) is 27.7 Å². The molecule has 1 aliphatic rings. The van der Waals surface area contributed by atoms with Gasteiger partial charge in [-0.25, -0.2) is 0 Å². The van der Waals surface area contributed by atoms with Gasteiger partial charge in [-0.1, -0.05) is 159 Å². The second kappa shape index (κ2) is 13.0. The molecule has 0 aliphatic carbocycles. The van der Waals surface area contributed by atoms with Crippen molar-refractivity contribution in [3.8, 4) is 22.3 Å². The van der Waals surface area contributed by atoms with E-state index < -0.39 is 0 Å². The van der Waals surface area contributed by atoms with E-state index in [0.717, 1.165) is 56.7 Å². The van der Waals surface area contributed by atoms with Gasteiger partial charge in [-0.15, -0.1) is 0 Å². The minimum absolute atomic E-state index is 0.0385. The van der Waals surface area contributed by atoms with Gasteiger partial charge in [0.05, 0.1) is 0 Å². The Morgan fingerprint density at radius 2 is 1.35 bits per heavy atom. The van der Waals surface area contributed by atoms with E-state index in [1.807, 2.05) is 0 Å². The number of rotatable bonds is 6. The lowest BCUT2D eigenvalue weighted by Gasteiger charge is -2.22. The first-order chi connectivity index (χ1) is 25.1. The fourth-order valence-corrected chi connectivity index (χ4v) is 7.87. The minimum Gasteiger partial charge on any atom is -0.455 e. The number of allylic oxidation sites excluding steroid dienone is 3. The Labute approximate surface area is 298 Å². The molecule has 4 heteroatoms. The van der Waals surface area contributed by atoms with Crippen LogP contribution in [-0.2, 0) is 0 Å². The molecular weight excluding hydrogens is 619 g/mol. The van der Waals surface area contributed by atoms with E-state index in [1.165, 1.54) is 27.5 Å². The van der Waals surface area contributed by atoms with Gasteiger partial charge in [0.2, 0.25) is 0 Å². The number of nitrogens with zero attached hydrogens (tertiary/aromatic N) is 1. The van der Waals surface area contributed by atoms with Gasteiger partial charge >= 0.3 is 0 Å². The molecule has 3 atom stereocenters. The summed E-state index contributed by atoms with van der Waals surface area (Å²) in [6.07, 6.45) is 8.76. The first-order valence-electron chi connectivity index (χ1n) is 17.8. The van der Waals surface area contributed by atoms with Crippen molar-refractivity contribution < 1.29 is 4.42 Å². The first kappa shape index (κ1) is 30.9. The maximum Gasteiger partial charge on any atom is 0.165 e. The highest BCUT2D eigenvalue weighted by molar-refractivity contribution is 6.42. The molecule has 7 aromatic carbocycles. The van der Waals surface area contributed by atoms with Gasteiger partial charge < -0.3 is 10.2 Å². The van der Waals surface area contributed by atoms with E-state index in [9.17, 15) is 0 Å². The molecular formula is C47H37BN2O. The topological polar surface area (TPSA) is 51.5 Å². The average molecular weight is 657 g/mol. The van der Waals surface area contributed by atoms with Gasteiger partial charge in [-0.2, -0.15) is 0 Å². The van der Waals surface area contributed by atoms with Crippen LogP contribution in [0.3, 0.4) is 0 Å². The van der Waals surface area contributed by atoms with Crippen LogP contribution in [0.4, 0.5) is 0 Å². The first-order valence-corrected chi connectivity index (χ1v) is 17.8. The third-order valence-electron chi connectivity index (χ3n) is 10.6. The lowest BCUT2D eigenvalue weighted by Crippen LogP contribution is -2.24. The molecule has 244 valence electrons. The minimum atomic E-state index is -0.0385. The van der Waals surface area contributed by atoms with Crippen LogP contribution in [0.15, 0.2) is 179 Å². The Hall–Kier alpha value is -6.13. The third-order valence-corrected chi connectivity index (χ3v) is 10.6. The number of hydrogen-bond donors (Lipinski definition) is 1. The van der Waals surface area contributed by atoms with Crippen LogP contribution in [0.1, 0.15) is 24.0 Å². The van der Waals surface area contributed by atoms with Crippen molar-refractivity contribution in [3.63, 3.8) is 0 Å². The van der Waals surface area contributed by atoms with Crippen LogP contribution >= 0.6 is 0 Å². The number of benzene rings is 7. The predicted molar refractivity (Wildman–Crippen MR) is 218 cm³/mol. The molecule has 1 aromatic heterocycles. The van der Waals surface area contributed by atoms with Crippen molar-refractivity contribution in [3.05, 3.63) is 181 Å². The van der Waals surface area contributed by atoms with Crippen LogP contribution in [0.2, 0.25) is 5.82 Å². The largest absolute Gasteiger partial charge is 0.455 e. The molecule has 0 saturated carbocycles. The zero-order valence-electron chi connectivity index (χ0n) is 28.5. The summed E-state index contributed by atoms with van der Waals surface area (Å²) < 4.78 is 6.65. The van der Waals surface area contributed by atoms with Gasteiger partial charge in [-0.3, -0.25) is 4.99 Å². The van der Waals surface area contributed by atoms with E-state index in [-0.39, 0.29) is 5.94 Å². The van der Waals surface area contributed by atoms with Crippen LogP contribution in [0.5, 0.6) is 0 Å². The molecule has 2 N–H and O–H groups in total. The molecule has 0 spiro atoms. The van der Waals surface area contributed by atoms with Crippen LogP contribution in [0.25, 0.3) is 65.7 Å². The number of hydrogen-bond acceptors (Lipinski definition) is 2. The molecule has 0 radical (unpaired) electrons. The summed E-state index contributed by atoms with van der Waals surface area (Å²) in [4.78, 5) is 5.19. The summed E-state index contributed by atoms with van der Waals surface area (Å²) in [7, 11) is 0.887. The van der Waals surface area contributed by atoms with Gasteiger partial charge in [-0.05, 0) is 73.9 Å².